The zero-order chi connectivity index (χ0) is 13.7. The van der Waals surface area contributed by atoms with Crippen LogP contribution in [0.3, 0.4) is 0 Å². The minimum atomic E-state index is 0.112. The average Bonchev–Trinajstić information content (AvgIpc) is 2.44. The molecule has 0 bridgehead atoms. The summed E-state index contributed by atoms with van der Waals surface area (Å²) in [6.07, 6.45) is 2.80. The van der Waals surface area contributed by atoms with Gasteiger partial charge in [-0.1, -0.05) is 48.0 Å². The molecule has 0 spiro atoms. The standard InChI is InChI=1S/C14H7ClN2O2/c15-13-11(10-4-2-1-3-5-10)6-7-12(16-8-18)14(13)17-9-19/h1-7H. The maximum absolute atomic E-state index is 10.4. The van der Waals surface area contributed by atoms with Crippen LogP contribution in [0, 0.1) is 0 Å². The Hall–Kier alpha value is -2.51. The molecular weight excluding hydrogens is 264 g/mol. The SMILES string of the molecule is O=C=Nc1ccc(-c2ccccc2)c(Cl)c1N=C=O. The van der Waals surface area contributed by atoms with E-state index < -0.39 is 0 Å². The third-order valence-corrected chi connectivity index (χ3v) is 2.89. The zero-order valence-corrected chi connectivity index (χ0v) is 10.4. The molecule has 0 N–H and O–H groups in total. The lowest BCUT2D eigenvalue weighted by molar-refractivity contribution is 0.564. The van der Waals surface area contributed by atoms with Crippen LogP contribution in [0.5, 0.6) is 0 Å². The summed E-state index contributed by atoms with van der Waals surface area (Å²) < 4.78 is 0. The lowest BCUT2D eigenvalue weighted by Gasteiger charge is -2.07. The van der Waals surface area contributed by atoms with Gasteiger partial charge < -0.3 is 0 Å². The minimum Gasteiger partial charge on any atom is -0.211 e. The van der Waals surface area contributed by atoms with Crippen molar-refractivity contribution in [2.24, 2.45) is 9.98 Å². The first-order valence-electron chi connectivity index (χ1n) is 5.31. The van der Waals surface area contributed by atoms with E-state index in [1.165, 1.54) is 12.2 Å². The third-order valence-electron chi connectivity index (χ3n) is 2.50. The molecule has 92 valence electrons. The smallest absolute Gasteiger partial charge is 0.211 e. The van der Waals surface area contributed by atoms with Crippen LogP contribution in [-0.4, -0.2) is 12.2 Å². The van der Waals surface area contributed by atoms with Crippen molar-refractivity contribution in [3.05, 3.63) is 47.5 Å². The number of carbonyl (C=O) groups excluding carboxylic acids is 2. The van der Waals surface area contributed by atoms with Crippen LogP contribution in [-0.2, 0) is 9.59 Å². The van der Waals surface area contributed by atoms with Gasteiger partial charge in [0.25, 0.3) is 0 Å². The topological polar surface area (TPSA) is 58.9 Å². The van der Waals surface area contributed by atoms with E-state index >= 15 is 0 Å². The van der Waals surface area contributed by atoms with Crippen molar-refractivity contribution in [3.8, 4) is 11.1 Å². The second-order valence-electron chi connectivity index (χ2n) is 3.57. The summed E-state index contributed by atoms with van der Waals surface area (Å²) in [7, 11) is 0. The van der Waals surface area contributed by atoms with Crippen LogP contribution >= 0.6 is 11.6 Å². The van der Waals surface area contributed by atoms with Crippen LogP contribution in [0.15, 0.2) is 52.4 Å². The van der Waals surface area contributed by atoms with Gasteiger partial charge in [0.15, 0.2) is 0 Å². The summed E-state index contributed by atoms with van der Waals surface area (Å²) in [5.41, 5.74) is 1.86. The molecule has 0 saturated carbocycles. The first-order valence-corrected chi connectivity index (χ1v) is 5.69. The van der Waals surface area contributed by atoms with Gasteiger partial charge in [-0.25, -0.2) is 9.59 Å². The van der Waals surface area contributed by atoms with Crippen LogP contribution < -0.4 is 0 Å². The minimum absolute atomic E-state index is 0.112. The van der Waals surface area contributed by atoms with Gasteiger partial charge in [-0.05, 0) is 11.6 Å². The Balaban J connectivity index is 2.70. The molecule has 2 aromatic carbocycles. The van der Waals surface area contributed by atoms with E-state index in [0.717, 1.165) is 5.56 Å². The Morgan fingerprint density at radius 1 is 0.895 bits per heavy atom. The molecule has 19 heavy (non-hydrogen) atoms. The molecule has 0 aliphatic carbocycles. The largest absolute Gasteiger partial charge is 0.240 e. The average molecular weight is 271 g/mol. The summed E-state index contributed by atoms with van der Waals surface area (Å²) in [4.78, 5) is 27.7. The van der Waals surface area contributed by atoms with Crippen molar-refractivity contribution in [3.63, 3.8) is 0 Å². The predicted molar refractivity (Wildman–Crippen MR) is 72.5 cm³/mol. The molecule has 0 aliphatic rings. The van der Waals surface area contributed by atoms with Gasteiger partial charge in [0, 0.05) is 5.56 Å². The molecule has 0 unspecified atom stereocenters. The van der Waals surface area contributed by atoms with Crippen LogP contribution in [0.25, 0.3) is 11.1 Å². The molecule has 0 radical (unpaired) electrons. The molecule has 2 rings (SSSR count). The van der Waals surface area contributed by atoms with Gasteiger partial charge in [-0.3, -0.25) is 0 Å². The zero-order valence-electron chi connectivity index (χ0n) is 9.63. The van der Waals surface area contributed by atoms with E-state index in [0.29, 0.717) is 5.56 Å². The second-order valence-corrected chi connectivity index (χ2v) is 3.95. The highest BCUT2D eigenvalue weighted by molar-refractivity contribution is 6.36. The lowest BCUT2D eigenvalue weighted by Crippen LogP contribution is -1.81. The van der Waals surface area contributed by atoms with E-state index in [9.17, 15) is 9.59 Å². The van der Waals surface area contributed by atoms with E-state index in [-0.39, 0.29) is 16.4 Å². The highest BCUT2D eigenvalue weighted by Gasteiger charge is 2.12. The number of halogens is 1. The summed E-state index contributed by atoms with van der Waals surface area (Å²) >= 11 is 6.20. The van der Waals surface area contributed by atoms with Crippen LogP contribution in [0.2, 0.25) is 5.02 Å². The van der Waals surface area contributed by atoms with Gasteiger partial charge in [-0.2, -0.15) is 9.98 Å². The van der Waals surface area contributed by atoms with E-state index in [1.807, 2.05) is 30.3 Å². The molecule has 0 amide bonds. The fraction of sp³-hybridized carbons (Fsp3) is 0. The Labute approximate surface area is 114 Å². The fourth-order valence-electron chi connectivity index (χ4n) is 1.69. The Morgan fingerprint density at radius 2 is 1.58 bits per heavy atom. The molecule has 0 aliphatic heterocycles. The maximum Gasteiger partial charge on any atom is 0.240 e. The quantitative estimate of drug-likeness (QED) is 0.626. The van der Waals surface area contributed by atoms with Crippen LogP contribution in [0.1, 0.15) is 0 Å². The van der Waals surface area contributed by atoms with Crippen LogP contribution in [0.4, 0.5) is 11.4 Å². The molecule has 0 heterocycles. The van der Waals surface area contributed by atoms with Gasteiger partial charge in [0.1, 0.15) is 11.4 Å². The van der Waals surface area contributed by atoms with Crippen molar-refractivity contribution < 1.29 is 9.59 Å². The summed E-state index contributed by atoms with van der Waals surface area (Å²) in [6.45, 7) is 0. The summed E-state index contributed by atoms with van der Waals surface area (Å²) in [5.74, 6) is 0. The predicted octanol–water partition coefficient (Wildman–Crippen LogP) is 3.94. The Kier molecular flexibility index (Phi) is 4.01. The van der Waals surface area contributed by atoms with Crippen molar-refractivity contribution in [2.45, 2.75) is 0 Å². The van der Waals surface area contributed by atoms with Crippen molar-refractivity contribution in [2.75, 3.05) is 0 Å². The molecule has 2 aromatic rings. The number of rotatable bonds is 3. The summed E-state index contributed by atoms with van der Waals surface area (Å²) in [6, 6.07) is 12.6. The van der Waals surface area contributed by atoms with Gasteiger partial charge in [-0.15, -0.1) is 0 Å². The second kappa shape index (κ2) is 5.89. The molecule has 4 nitrogen and oxygen atoms in total. The molecule has 0 atom stereocenters. The van der Waals surface area contributed by atoms with Gasteiger partial charge >= 0.3 is 0 Å². The number of aliphatic imine (C=N–C) groups is 2. The molecular formula is C14H7ClN2O2. The number of hydrogen-bond acceptors (Lipinski definition) is 4. The van der Waals surface area contributed by atoms with Crippen molar-refractivity contribution in [1.82, 2.24) is 0 Å². The molecule has 0 saturated heterocycles. The van der Waals surface area contributed by atoms with Gasteiger partial charge in [0.2, 0.25) is 12.2 Å². The lowest BCUT2D eigenvalue weighted by atomic mass is 10.0. The number of benzene rings is 2. The maximum atomic E-state index is 10.4. The Morgan fingerprint density at radius 3 is 2.21 bits per heavy atom. The third kappa shape index (κ3) is 2.67. The van der Waals surface area contributed by atoms with Gasteiger partial charge in [0.05, 0.1) is 5.02 Å². The molecule has 5 heteroatoms. The highest BCUT2D eigenvalue weighted by atomic mass is 35.5. The first kappa shape index (κ1) is 12.9. The van der Waals surface area contributed by atoms with E-state index in [1.54, 1.807) is 12.1 Å². The molecule has 0 aromatic heterocycles. The highest BCUT2D eigenvalue weighted by Crippen LogP contribution is 2.41. The number of hydrogen-bond donors (Lipinski definition) is 0. The van der Waals surface area contributed by atoms with E-state index in [4.69, 9.17) is 11.6 Å². The first-order chi connectivity index (χ1) is 9.27. The summed E-state index contributed by atoms with van der Waals surface area (Å²) in [5, 5.41) is 0.242. The van der Waals surface area contributed by atoms with Crippen molar-refractivity contribution in [1.29, 1.82) is 0 Å². The van der Waals surface area contributed by atoms with Crippen molar-refractivity contribution >= 4 is 35.1 Å². The number of isocyanates is 2. The normalized spacial score (nSPS) is 9.32. The Bertz CT molecular complexity index is 701. The van der Waals surface area contributed by atoms with E-state index in [2.05, 4.69) is 9.98 Å². The fourth-order valence-corrected chi connectivity index (χ4v) is 2.00. The number of nitrogens with zero attached hydrogens (tertiary/aromatic N) is 2. The molecule has 0 fully saturated rings. The monoisotopic (exact) mass is 270 g/mol.